The number of benzene rings is 1. The molecule has 0 aliphatic rings. The third kappa shape index (κ3) is 7.83. The van der Waals surface area contributed by atoms with Crippen molar-refractivity contribution in [2.24, 2.45) is 0 Å². The van der Waals surface area contributed by atoms with Crippen LogP contribution in [0.25, 0.3) is 0 Å². The van der Waals surface area contributed by atoms with Gasteiger partial charge in [-0.2, -0.15) is 26.3 Å². The average molecular weight is 360 g/mol. The summed E-state index contributed by atoms with van der Waals surface area (Å²) in [7, 11) is -5.21. The van der Waals surface area contributed by atoms with Crippen LogP contribution in [0.5, 0.6) is 0 Å². The molecule has 0 saturated heterocycles. The van der Waals surface area contributed by atoms with Crippen molar-refractivity contribution in [1.29, 1.82) is 0 Å². The Balaban J connectivity index is -0.000000216. The smallest absolute Gasteiger partial charge is 1.00 e. The van der Waals surface area contributed by atoms with Gasteiger partial charge in [0.25, 0.3) is 0 Å². The van der Waals surface area contributed by atoms with Gasteiger partial charge in [0, 0.05) is 0 Å². The molecule has 1 aromatic rings. The van der Waals surface area contributed by atoms with E-state index in [4.69, 9.17) is 9.79 Å². The monoisotopic (exact) mass is 360 g/mol. The van der Waals surface area contributed by atoms with Crippen LogP contribution in [0.3, 0.4) is 0 Å². The fourth-order valence-electron chi connectivity index (χ4n) is 1.11. The Morgan fingerprint density at radius 1 is 0.857 bits per heavy atom. The van der Waals surface area contributed by atoms with Crippen LogP contribution in [0.2, 0.25) is 0 Å². The van der Waals surface area contributed by atoms with Crippen molar-refractivity contribution in [3.8, 4) is 0 Å². The second kappa shape index (κ2) is 8.68. The second-order valence-corrected chi connectivity index (χ2v) is 4.91. The van der Waals surface area contributed by atoms with Gasteiger partial charge < -0.3 is 18.1 Å². The first-order valence-corrected chi connectivity index (χ1v) is 5.78. The van der Waals surface area contributed by atoms with Gasteiger partial charge in [0.15, 0.2) is 0 Å². The van der Waals surface area contributed by atoms with Crippen molar-refractivity contribution >= 4 is 12.9 Å². The van der Waals surface area contributed by atoms with Gasteiger partial charge in [-0.1, -0.05) is 0 Å². The molecule has 21 heavy (non-hydrogen) atoms. The van der Waals surface area contributed by atoms with Crippen LogP contribution in [0.1, 0.15) is 14.0 Å². The first-order chi connectivity index (χ1) is 7.82. The summed E-state index contributed by atoms with van der Waals surface area (Å²) in [5.41, 5.74) is -3.54. The van der Waals surface area contributed by atoms with E-state index in [0.717, 1.165) is 0 Å². The van der Waals surface area contributed by atoms with Crippen LogP contribution in [0.15, 0.2) is 18.2 Å². The van der Waals surface area contributed by atoms with E-state index in [2.05, 4.69) is 0 Å². The molecule has 0 radical (unpaired) electrons. The van der Waals surface area contributed by atoms with Gasteiger partial charge in [-0.15, -0.1) is 0 Å². The van der Waals surface area contributed by atoms with Crippen LogP contribution in [-0.2, 0) is 16.9 Å². The minimum atomic E-state index is -5.21. The Kier molecular flexibility index (Phi) is 11.1. The Labute approximate surface area is 161 Å². The molecule has 0 amide bonds. The molecule has 0 aromatic heterocycles. The number of halogens is 6. The predicted molar refractivity (Wildman–Crippen MR) is 54.0 cm³/mol. The first kappa shape index (κ1) is 26.8. The Hall–Kier alpha value is 0.910. The second-order valence-electron chi connectivity index (χ2n) is 3.31. The van der Waals surface area contributed by atoms with E-state index in [9.17, 15) is 30.9 Å². The van der Waals surface area contributed by atoms with Gasteiger partial charge in [-0.25, -0.2) is 0 Å². The largest absolute Gasteiger partial charge is 1.00 e. The molecule has 0 aliphatic heterocycles. The molecular weight excluding hydrogens is 351 g/mol. The van der Waals surface area contributed by atoms with Crippen LogP contribution >= 0.6 is 7.60 Å². The summed E-state index contributed by atoms with van der Waals surface area (Å²) in [6.45, 7) is 0. The van der Waals surface area contributed by atoms with E-state index in [1.165, 1.54) is 0 Å². The molecule has 4 N–H and O–H groups in total. The van der Waals surface area contributed by atoms with Gasteiger partial charge in [0.2, 0.25) is 0 Å². The molecule has 0 spiro atoms. The maximum Gasteiger partial charge on any atom is 1.00 e. The molecule has 0 atom stereocenters. The minimum Gasteiger partial charge on any atom is -1.00 e. The number of hydrogen-bond acceptors (Lipinski definition) is 1. The first-order valence-electron chi connectivity index (χ1n) is 4.17. The minimum absolute atomic E-state index is 0. The van der Waals surface area contributed by atoms with Crippen molar-refractivity contribution < 1.29 is 108 Å². The Morgan fingerprint density at radius 2 is 1.14 bits per heavy atom. The molecular formula is C8H9F6Na2O4P. The van der Waals surface area contributed by atoms with E-state index in [1.54, 1.807) is 0 Å². The van der Waals surface area contributed by atoms with Crippen LogP contribution in [0.4, 0.5) is 26.3 Å². The van der Waals surface area contributed by atoms with Crippen molar-refractivity contribution in [1.82, 2.24) is 0 Å². The zero-order valence-corrected chi connectivity index (χ0v) is 15.6. The fourth-order valence-corrected chi connectivity index (χ4v) is 1.72. The Bertz CT molecular complexity index is 490. The molecule has 1 aromatic carbocycles. The SMILES string of the molecule is O.O=P(O)(O)c1cc(C(F)(F)F)cc(C(F)(F)F)c1.[H-].[H-].[Na+].[Na+]. The van der Waals surface area contributed by atoms with Crippen molar-refractivity contribution in [3.63, 3.8) is 0 Å². The summed E-state index contributed by atoms with van der Waals surface area (Å²) in [6, 6.07) is -0.217. The Morgan fingerprint density at radius 3 is 1.33 bits per heavy atom. The van der Waals surface area contributed by atoms with E-state index >= 15 is 0 Å². The van der Waals surface area contributed by atoms with Crippen molar-refractivity contribution in [3.05, 3.63) is 29.3 Å². The van der Waals surface area contributed by atoms with E-state index < -0.39 is 36.4 Å². The van der Waals surface area contributed by atoms with Gasteiger partial charge in [0.1, 0.15) is 0 Å². The molecule has 13 heteroatoms. The van der Waals surface area contributed by atoms with E-state index in [-0.39, 0.29) is 85.6 Å². The molecule has 4 nitrogen and oxygen atoms in total. The maximum absolute atomic E-state index is 12.3. The topological polar surface area (TPSA) is 89.0 Å². The van der Waals surface area contributed by atoms with E-state index in [0.29, 0.717) is 0 Å². The van der Waals surface area contributed by atoms with Crippen LogP contribution in [0, 0.1) is 0 Å². The molecule has 0 aliphatic carbocycles. The average Bonchev–Trinajstić information content (AvgIpc) is 2.13. The zero-order chi connectivity index (χ0) is 14.4. The summed E-state index contributed by atoms with van der Waals surface area (Å²) < 4.78 is 84.6. The number of alkyl halides is 6. The van der Waals surface area contributed by atoms with Crippen LogP contribution in [-0.4, -0.2) is 15.3 Å². The molecule has 0 bridgehead atoms. The summed E-state index contributed by atoms with van der Waals surface area (Å²) in [4.78, 5) is 17.3. The third-order valence-electron chi connectivity index (χ3n) is 1.91. The zero-order valence-electron chi connectivity index (χ0n) is 12.7. The molecule has 0 unspecified atom stereocenters. The summed E-state index contributed by atoms with van der Waals surface area (Å²) >= 11 is 0. The summed E-state index contributed by atoms with van der Waals surface area (Å²) in [5.74, 6) is 0. The van der Waals surface area contributed by atoms with Gasteiger partial charge in [0.05, 0.1) is 16.4 Å². The molecule has 0 saturated carbocycles. The molecule has 1 rings (SSSR count). The fraction of sp³-hybridized carbons (Fsp3) is 0.250. The third-order valence-corrected chi connectivity index (χ3v) is 2.84. The number of hydrogen-bond donors (Lipinski definition) is 2. The van der Waals surface area contributed by atoms with Crippen LogP contribution < -0.4 is 64.4 Å². The standard InChI is InChI=1S/C8H5F6O3P.2Na.H2O.2H/c9-7(10,11)4-1-5(8(12,13)14)3-6(2-4)18(15,16)17;;;;;/h1-3H,(H2,15,16,17);;;1H2;;/q;2*+1;;2*-1. The number of rotatable bonds is 1. The maximum atomic E-state index is 12.3. The van der Waals surface area contributed by atoms with Gasteiger partial charge in [-0.05, 0) is 18.2 Å². The molecule has 0 fully saturated rings. The summed E-state index contributed by atoms with van der Waals surface area (Å²) in [5, 5.41) is -1.33. The summed E-state index contributed by atoms with van der Waals surface area (Å²) in [6.07, 6.45) is -10.3. The normalized spacial score (nSPS) is 11.8. The van der Waals surface area contributed by atoms with Gasteiger partial charge >= 0.3 is 79.1 Å². The molecule has 114 valence electrons. The van der Waals surface area contributed by atoms with Crippen molar-refractivity contribution in [2.45, 2.75) is 12.4 Å². The van der Waals surface area contributed by atoms with E-state index in [1.807, 2.05) is 0 Å². The quantitative estimate of drug-likeness (QED) is 0.304. The predicted octanol–water partition coefficient (Wildman–Crippen LogP) is -4.06. The molecule has 0 heterocycles. The van der Waals surface area contributed by atoms with Crippen molar-refractivity contribution in [2.75, 3.05) is 0 Å². The van der Waals surface area contributed by atoms with Gasteiger partial charge in [-0.3, -0.25) is 4.57 Å².